The summed E-state index contributed by atoms with van der Waals surface area (Å²) in [7, 11) is 0. The summed E-state index contributed by atoms with van der Waals surface area (Å²) in [6, 6.07) is 0.286. The Morgan fingerprint density at radius 3 is 2.30 bits per heavy atom. The first-order valence-corrected chi connectivity index (χ1v) is 15.5. The number of carboxylic acid groups (broad SMARTS) is 1. The second kappa shape index (κ2) is 17.1. The summed E-state index contributed by atoms with van der Waals surface area (Å²) in [6.07, 6.45) is 3.82. The predicted octanol–water partition coefficient (Wildman–Crippen LogP) is -0.931. The number of nitrogens with two attached hydrogens (primary N) is 2. The van der Waals surface area contributed by atoms with Gasteiger partial charge in [0, 0.05) is 37.7 Å². The van der Waals surface area contributed by atoms with Crippen molar-refractivity contribution >= 4 is 35.5 Å². The molecule has 6 atom stereocenters. The molecule has 0 saturated carbocycles. The Kier molecular flexibility index (Phi) is 13.3. The van der Waals surface area contributed by atoms with Crippen molar-refractivity contribution in [2.24, 2.45) is 17.4 Å². The molecule has 256 valence electrons. The van der Waals surface area contributed by atoms with Crippen LogP contribution in [0.5, 0.6) is 5.75 Å². The van der Waals surface area contributed by atoms with Crippen LogP contribution >= 0.6 is 0 Å². The minimum atomic E-state index is -1.27. The van der Waals surface area contributed by atoms with Crippen molar-refractivity contribution in [1.82, 2.24) is 30.8 Å². The van der Waals surface area contributed by atoms with Crippen molar-refractivity contribution in [2.45, 2.75) is 89.0 Å². The Hall–Kier alpha value is -4.99. The van der Waals surface area contributed by atoms with Gasteiger partial charge >= 0.3 is 5.97 Å². The molecule has 1 aromatic heterocycles. The molecule has 1 saturated heterocycles. The lowest BCUT2D eigenvalue weighted by Crippen LogP contribution is -2.60. The van der Waals surface area contributed by atoms with Gasteiger partial charge in [0.2, 0.25) is 29.5 Å². The minimum absolute atomic E-state index is 0.00550. The zero-order valence-electron chi connectivity index (χ0n) is 26.5. The lowest BCUT2D eigenvalue weighted by molar-refractivity contribution is -0.149. The van der Waals surface area contributed by atoms with E-state index in [9.17, 15) is 39.0 Å². The summed E-state index contributed by atoms with van der Waals surface area (Å²) in [5, 5.41) is 27.3. The number of primary amides is 1. The highest BCUT2D eigenvalue weighted by Gasteiger charge is 2.39. The number of likely N-dealkylation sites (tertiary alicyclic amines) is 1. The second-order valence-corrected chi connectivity index (χ2v) is 11.8. The summed E-state index contributed by atoms with van der Waals surface area (Å²) < 4.78 is 0. The van der Waals surface area contributed by atoms with Crippen LogP contribution in [0.25, 0.3) is 0 Å². The zero-order valence-corrected chi connectivity index (χ0v) is 26.5. The van der Waals surface area contributed by atoms with Crippen molar-refractivity contribution in [3.63, 3.8) is 0 Å². The van der Waals surface area contributed by atoms with Crippen molar-refractivity contribution in [1.29, 1.82) is 0 Å². The van der Waals surface area contributed by atoms with Crippen molar-refractivity contribution in [3.8, 4) is 5.75 Å². The number of imidazole rings is 1. The molecule has 5 amide bonds. The number of nitrogens with one attached hydrogen (secondary N) is 4. The number of nitrogens with zero attached hydrogens (tertiary/aromatic N) is 2. The molecule has 1 aliphatic rings. The average molecular weight is 657 g/mol. The molecular weight excluding hydrogens is 612 g/mol. The number of carbonyl (C=O) groups is 6. The van der Waals surface area contributed by atoms with E-state index in [1.54, 1.807) is 26.0 Å². The highest BCUT2D eigenvalue weighted by Crippen LogP contribution is 2.21. The van der Waals surface area contributed by atoms with E-state index in [2.05, 4.69) is 25.9 Å². The molecule has 10 N–H and O–H groups in total. The van der Waals surface area contributed by atoms with Gasteiger partial charge in [-0.05, 0) is 42.9 Å². The van der Waals surface area contributed by atoms with Gasteiger partial charge in [-0.3, -0.25) is 24.0 Å². The first-order valence-electron chi connectivity index (χ1n) is 15.5. The number of phenols is 1. The van der Waals surface area contributed by atoms with E-state index in [1.807, 2.05) is 0 Å². The molecule has 3 rings (SSSR count). The summed E-state index contributed by atoms with van der Waals surface area (Å²) in [6.45, 7) is 3.73. The fourth-order valence-electron chi connectivity index (χ4n) is 5.33. The third kappa shape index (κ3) is 10.5. The standard InChI is InChI=1S/C31H44N8O8/c1-3-17(2)26(38-28(43)22(10-11-25(33)41)36-27(42)21(32)14-19-15-34-16-35-19)29(44)37-23(13-18-6-8-20(40)9-7-18)30(45)39-12-4-5-24(39)31(46)47/h6-9,15-17,21-24,26,40H,3-5,10-14,32H2,1-2H3,(H2,33,41)(H,34,35)(H,36,42)(H,37,44)(H,38,43)(H,46,47)/t17-,21-,22-,23-,24-,26-/m0/s1. The molecule has 0 spiro atoms. The van der Waals surface area contributed by atoms with Crippen LogP contribution in [0.2, 0.25) is 0 Å². The summed E-state index contributed by atoms with van der Waals surface area (Å²) >= 11 is 0. The first-order chi connectivity index (χ1) is 22.3. The lowest BCUT2D eigenvalue weighted by atomic mass is 9.96. The number of aliphatic carboxylic acids is 1. The molecule has 2 aromatic rings. The Bertz CT molecular complexity index is 1400. The fourth-order valence-corrected chi connectivity index (χ4v) is 5.33. The Morgan fingerprint density at radius 2 is 1.70 bits per heavy atom. The molecule has 1 aliphatic heterocycles. The summed E-state index contributed by atoms with van der Waals surface area (Å²) in [5.74, 6) is -5.03. The van der Waals surface area contributed by atoms with Crippen LogP contribution in [0.4, 0.5) is 0 Å². The van der Waals surface area contributed by atoms with E-state index in [1.165, 1.54) is 29.6 Å². The number of phenolic OH excluding ortho intramolecular Hbond substituents is 1. The molecular formula is C31H44N8O8. The number of carboxylic acids is 1. The van der Waals surface area contributed by atoms with Crippen LogP contribution < -0.4 is 27.4 Å². The number of rotatable bonds is 17. The summed E-state index contributed by atoms with van der Waals surface area (Å²) in [5.41, 5.74) is 12.5. The number of carbonyl (C=O) groups excluding carboxylic acids is 5. The molecule has 0 unspecified atom stereocenters. The van der Waals surface area contributed by atoms with E-state index in [0.29, 0.717) is 24.1 Å². The van der Waals surface area contributed by atoms with Gasteiger partial charge in [0.1, 0.15) is 29.9 Å². The van der Waals surface area contributed by atoms with Gasteiger partial charge in [-0.15, -0.1) is 0 Å². The number of aromatic hydroxyl groups is 1. The number of benzene rings is 1. The minimum Gasteiger partial charge on any atom is -0.508 e. The molecule has 0 aliphatic carbocycles. The number of aromatic amines is 1. The van der Waals surface area contributed by atoms with Crippen LogP contribution in [0.1, 0.15) is 57.2 Å². The molecule has 2 heterocycles. The normalized spacial score (nSPS) is 17.5. The molecule has 1 fully saturated rings. The Labute approximate surface area is 272 Å². The van der Waals surface area contributed by atoms with Gasteiger partial charge in [-0.1, -0.05) is 32.4 Å². The topological polar surface area (TPSA) is 263 Å². The monoisotopic (exact) mass is 656 g/mol. The maximum Gasteiger partial charge on any atom is 0.326 e. The fraction of sp³-hybridized carbons (Fsp3) is 0.516. The second-order valence-electron chi connectivity index (χ2n) is 11.8. The van der Waals surface area contributed by atoms with Crippen LogP contribution in [0, 0.1) is 5.92 Å². The lowest BCUT2D eigenvalue weighted by Gasteiger charge is -2.31. The Morgan fingerprint density at radius 1 is 1.02 bits per heavy atom. The number of hydrogen-bond donors (Lipinski definition) is 8. The predicted molar refractivity (Wildman–Crippen MR) is 168 cm³/mol. The third-order valence-corrected chi connectivity index (χ3v) is 8.25. The molecule has 47 heavy (non-hydrogen) atoms. The molecule has 16 heteroatoms. The quantitative estimate of drug-likeness (QED) is 0.104. The number of amides is 5. The van der Waals surface area contributed by atoms with Gasteiger partial charge in [-0.25, -0.2) is 9.78 Å². The number of hydrogen-bond acceptors (Lipinski definition) is 9. The van der Waals surface area contributed by atoms with Crippen LogP contribution in [0.15, 0.2) is 36.8 Å². The molecule has 0 radical (unpaired) electrons. The van der Waals surface area contributed by atoms with Gasteiger partial charge in [0.15, 0.2) is 0 Å². The maximum atomic E-state index is 13.8. The van der Waals surface area contributed by atoms with E-state index in [4.69, 9.17) is 11.5 Å². The number of H-pyrrole nitrogens is 1. The van der Waals surface area contributed by atoms with Crippen LogP contribution in [-0.4, -0.2) is 97.3 Å². The maximum absolute atomic E-state index is 13.8. The van der Waals surface area contributed by atoms with Crippen molar-refractivity contribution in [2.75, 3.05) is 6.54 Å². The van der Waals surface area contributed by atoms with Crippen LogP contribution in [-0.2, 0) is 41.6 Å². The average Bonchev–Trinajstić information content (AvgIpc) is 3.74. The van der Waals surface area contributed by atoms with E-state index in [-0.39, 0.29) is 44.4 Å². The van der Waals surface area contributed by atoms with Gasteiger partial charge in [0.05, 0.1) is 12.4 Å². The highest BCUT2D eigenvalue weighted by molar-refractivity contribution is 5.96. The van der Waals surface area contributed by atoms with Crippen LogP contribution in [0.3, 0.4) is 0 Å². The van der Waals surface area contributed by atoms with Crippen molar-refractivity contribution < 1.29 is 39.0 Å². The van der Waals surface area contributed by atoms with E-state index < -0.39 is 71.6 Å². The highest BCUT2D eigenvalue weighted by atomic mass is 16.4. The largest absolute Gasteiger partial charge is 0.508 e. The smallest absolute Gasteiger partial charge is 0.326 e. The third-order valence-electron chi connectivity index (χ3n) is 8.25. The molecule has 16 nitrogen and oxygen atoms in total. The zero-order chi connectivity index (χ0) is 34.7. The molecule has 0 bridgehead atoms. The first kappa shape index (κ1) is 36.5. The molecule has 1 aromatic carbocycles. The van der Waals surface area contributed by atoms with E-state index in [0.717, 1.165) is 0 Å². The van der Waals surface area contributed by atoms with Gasteiger partial charge < -0.3 is 47.5 Å². The Balaban J connectivity index is 1.82. The number of aromatic nitrogens is 2. The summed E-state index contributed by atoms with van der Waals surface area (Å²) in [4.78, 5) is 85.4. The van der Waals surface area contributed by atoms with E-state index >= 15 is 0 Å². The van der Waals surface area contributed by atoms with Gasteiger partial charge in [0.25, 0.3) is 0 Å². The SMILES string of the molecule is CC[C@H](C)[C@H](NC(=O)[C@H](CCC(N)=O)NC(=O)[C@@H](N)Cc1cnc[nH]1)C(=O)N[C@@H](Cc1ccc(O)cc1)C(=O)N1CCC[C@H]1C(=O)O. The van der Waals surface area contributed by atoms with Crippen molar-refractivity contribution in [3.05, 3.63) is 48.0 Å². The van der Waals surface area contributed by atoms with Gasteiger partial charge in [-0.2, -0.15) is 0 Å².